The molecule has 3 aromatic heterocycles. The number of aryl methyl sites for hydroxylation is 1. The fraction of sp³-hybridized carbons (Fsp3) is 0.200. The lowest BCUT2D eigenvalue weighted by molar-refractivity contribution is 1.05. The van der Waals surface area contributed by atoms with E-state index in [1.807, 2.05) is 23.7 Å². The largest absolute Gasteiger partial charge is 0.360 e. The zero-order valence-electron chi connectivity index (χ0n) is 9.16. The van der Waals surface area contributed by atoms with Crippen molar-refractivity contribution in [2.24, 2.45) is 0 Å². The number of anilines is 1. The van der Waals surface area contributed by atoms with Gasteiger partial charge in [-0.25, -0.2) is 9.97 Å². The summed E-state index contributed by atoms with van der Waals surface area (Å²) in [6.45, 7) is 2.69. The van der Waals surface area contributed by atoms with Crippen molar-refractivity contribution >= 4 is 22.8 Å². The smallest absolute Gasteiger partial charge is 0.203 e. The highest BCUT2D eigenvalue weighted by atomic mass is 32.1. The van der Waals surface area contributed by atoms with E-state index in [1.54, 1.807) is 23.9 Å². The fourth-order valence-electron chi connectivity index (χ4n) is 1.53. The number of hydrogen-bond donors (Lipinski definition) is 1. The predicted molar refractivity (Wildman–Crippen MR) is 65.0 cm³/mol. The molecule has 1 N–H and O–H groups in total. The molecule has 0 atom stereocenters. The molecule has 0 aromatic carbocycles. The molecule has 17 heavy (non-hydrogen) atoms. The zero-order chi connectivity index (χ0) is 11.7. The Labute approximate surface area is 101 Å². The quantitative estimate of drug-likeness (QED) is 0.758. The third kappa shape index (κ3) is 1.96. The second-order valence-corrected chi connectivity index (χ2v) is 4.88. The Kier molecular flexibility index (Phi) is 2.45. The summed E-state index contributed by atoms with van der Waals surface area (Å²) in [5.41, 5.74) is 0.723. The minimum absolute atomic E-state index is 0.651. The van der Waals surface area contributed by atoms with Gasteiger partial charge in [-0.05, 0) is 6.92 Å². The number of nitrogens with one attached hydrogen (secondary N) is 1. The highest BCUT2D eigenvalue weighted by molar-refractivity contribution is 7.11. The van der Waals surface area contributed by atoms with E-state index in [9.17, 15) is 0 Å². The van der Waals surface area contributed by atoms with Crippen LogP contribution in [0.2, 0.25) is 0 Å². The Morgan fingerprint density at radius 2 is 2.35 bits per heavy atom. The molecule has 0 bridgehead atoms. The number of fused-ring (bicyclic) bond motifs is 1. The maximum absolute atomic E-state index is 4.28. The van der Waals surface area contributed by atoms with Gasteiger partial charge in [0.2, 0.25) is 5.65 Å². The molecule has 0 aliphatic heterocycles. The first kappa shape index (κ1) is 10.2. The van der Waals surface area contributed by atoms with Crippen LogP contribution in [0.4, 0.5) is 5.82 Å². The summed E-state index contributed by atoms with van der Waals surface area (Å²) < 4.78 is 1.82. The van der Waals surface area contributed by atoms with Crippen LogP contribution < -0.4 is 5.32 Å². The van der Waals surface area contributed by atoms with Crippen molar-refractivity contribution in [2.75, 3.05) is 5.32 Å². The molecule has 0 aliphatic rings. The lowest BCUT2D eigenvalue weighted by Crippen LogP contribution is -2.03. The van der Waals surface area contributed by atoms with Crippen LogP contribution in [0, 0.1) is 6.92 Å². The standard InChI is InChI=1S/C10H10N6S/c1-7-4-12-8(17-7)5-13-9-10-15-14-6-16(10)3-2-11-9/h2-4,6H,5H2,1H3,(H,11,13). The monoisotopic (exact) mass is 246 g/mol. The maximum Gasteiger partial charge on any atom is 0.203 e. The summed E-state index contributed by atoms with van der Waals surface area (Å²) >= 11 is 1.67. The molecule has 0 radical (unpaired) electrons. The van der Waals surface area contributed by atoms with Crippen molar-refractivity contribution in [1.82, 2.24) is 24.6 Å². The van der Waals surface area contributed by atoms with E-state index in [2.05, 4.69) is 25.5 Å². The van der Waals surface area contributed by atoms with Crippen molar-refractivity contribution < 1.29 is 0 Å². The highest BCUT2D eigenvalue weighted by Gasteiger charge is 2.05. The van der Waals surface area contributed by atoms with Gasteiger partial charge in [0.25, 0.3) is 0 Å². The van der Waals surface area contributed by atoms with Crippen LogP contribution in [0.15, 0.2) is 24.9 Å². The van der Waals surface area contributed by atoms with Gasteiger partial charge < -0.3 is 5.32 Å². The first-order chi connectivity index (χ1) is 8.33. The molecule has 6 nitrogen and oxygen atoms in total. The van der Waals surface area contributed by atoms with Crippen LogP contribution in [0.1, 0.15) is 9.88 Å². The molecule has 3 heterocycles. The van der Waals surface area contributed by atoms with Gasteiger partial charge in [-0.15, -0.1) is 21.5 Å². The molecule has 0 aliphatic carbocycles. The molecule has 0 unspecified atom stereocenters. The second kappa shape index (κ2) is 4.10. The molecule has 0 spiro atoms. The first-order valence-electron chi connectivity index (χ1n) is 5.12. The molecular weight excluding hydrogens is 236 g/mol. The van der Waals surface area contributed by atoms with Crippen LogP contribution in [0.3, 0.4) is 0 Å². The summed E-state index contributed by atoms with van der Waals surface area (Å²) in [5, 5.41) is 12.1. The lowest BCUT2D eigenvalue weighted by atomic mass is 10.5. The van der Waals surface area contributed by atoms with E-state index < -0.39 is 0 Å². The van der Waals surface area contributed by atoms with Crippen LogP contribution in [0.5, 0.6) is 0 Å². The van der Waals surface area contributed by atoms with E-state index in [4.69, 9.17) is 0 Å². The van der Waals surface area contributed by atoms with Crippen LogP contribution in [-0.4, -0.2) is 24.6 Å². The molecule has 86 valence electrons. The van der Waals surface area contributed by atoms with Gasteiger partial charge in [0, 0.05) is 23.5 Å². The van der Waals surface area contributed by atoms with Crippen molar-refractivity contribution in [3.63, 3.8) is 0 Å². The van der Waals surface area contributed by atoms with Gasteiger partial charge in [-0.1, -0.05) is 0 Å². The average molecular weight is 246 g/mol. The van der Waals surface area contributed by atoms with Gasteiger partial charge in [0.15, 0.2) is 5.82 Å². The molecule has 3 aromatic rings. The molecule has 0 fully saturated rings. The zero-order valence-corrected chi connectivity index (χ0v) is 9.98. The van der Waals surface area contributed by atoms with Crippen molar-refractivity contribution in [1.29, 1.82) is 0 Å². The van der Waals surface area contributed by atoms with Crippen molar-refractivity contribution in [2.45, 2.75) is 13.5 Å². The number of aromatic nitrogens is 5. The van der Waals surface area contributed by atoms with E-state index in [1.165, 1.54) is 4.88 Å². The van der Waals surface area contributed by atoms with E-state index >= 15 is 0 Å². The number of nitrogens with zero attached hydrogens (tertiary/aromatic N) is 5. The van der Waals surface area contributed by atoms with E-state index in [0.717, 1.165) is 16.5 Å². The van der Waals surface area contributed by atoms with E-state index in [-0.39, 0.29) is 0 Å². The van der Waals surface area contributed by atoms with Gasteiger partial charge in [0.05, 0.1) is 6.54 Å². The SMILES string of the molecule is Cc1cnc(CNc2nccn3cnnc23)s1. The third-order valence-electron chi connectivity index (χ3n) is 2.29. The molecule has 0 amide bonds. The second-order valence-electron chi connectivity index (χ2n) is 3.56. The maximum atomic E-state index is 4.28. The summed E-state index contributed by atoms with van der Waals surface area (Å²) in [5.74, 6) is 0.720. The summed E-state index contributed by atoms with van der Waals surface area (Å²) in [6.07, 6.45) is 7.04. The summed E-state index contributed by atoms with van der Waals surface area (Å²) in [4.78, 5) is 9.73. The van der Waals surface area contributed by atoms with Crippen molar-refractivity contribution in [3.8, 4) is 0 Å². The lowest BCUT2D eigenvalue weighted by Gasteiger charge is -2.03. The fourth-order valence-corrected chi connectivity index (χ4v) is 2.25. The topological polar surface area (TPSA) is 68.0 Å². The first-order valence-corrected chi connectivity index (χ1v) is 5.94. The van der Waals surface area contributed by atoms with Crippen LogP contribution >= 0.6 is 11.3 Å². The molecule has 0 saturated heterocycles. The molecule has 3 rings (SSSR count). The average Bonchev–Trinajstić information content (AvgIpc) is 2.94. The van der Waals surface area contributed by atoms with Gasteiger partial charge in [-0.3, -0.25) is 4.40 Å². The Hall–Kier alpha value is -2.02. The Morgan fingerprint density at radius 3 is 3.18 bits per heavy atom. The van der Waals surface area contributed by atoms with Crippen LogP contribution in [0.25, 0.3) is 5.65 Å². The summed E-state index contributed by atoms with van der Waals surface area (Å²) in [7, 11) is 0. The number of thiazole rings is 1. The Balaban J connectivity index is 1.83. The highest BCUT2D eigenvalue weighted by Crippen LogP contribution is 2.14. The van der Waals surface area contributed by atoms with Crippen molar-refractivity contribution in [3.05, 3.63) is 34.8 Å². The minimum atomic E-state index is 0.651. The third-order valence-corrected chi connectivity index (χ3v) is 3.20. The normalized spacial score (nSPS) is 10.9. The number of hydrogen-bond acceptors (Lipinski definition) is 6. The van der Waals surface area contributed by atoms with Gasteiger partial charge in [0.1, 0.15) is 11.3 Å². The Morgan fingerprint density at radius 1 is 1.41 bits per heavy atom. The summed E-state index contributed by atoms with van der Waals surface area (Å²) in [6, 6.07) is 0. The van der Waals surface area contributed by atoms with Crippen LogP contribution in [-0.2, 0) is 6.54 Å². The van der Waals surface area contributed by atoms with Gasteiger partial charge in [-0.2, -0.15) is 0 Å². The molecular formula is C10H10N6S. The van der Waals surface area contributed by atoms with Gasteiger partial charge >= 0.3 is 0 Å². The minimum Gasteiger partial charge on any atom is -0.360 e. The molecule has 7 heteroatoms. The molecule has 0 saturated carbocycles. The van der Waals surface area contributed by atoms with E-state index in [0.29, 0.717) is 6.54 Å². The number of rotatable bonds is 3. The Bertz CT molecular complexity index is 643. The predicted octanol–water partition coefficient (Wildman–Crippen LogP) is 1.50.